The van der Waals surface area contributed by atoms with E-state index in [1.54, 1.807) is 0 Å². The number of carbonyl (C=O) groups excluding carboxylic acids is 2. The van der Waals surface area contributed by atoms with E-state index in [4.69, 9.17) is 0 Å². The van der Waals surface area contributed by atoms with Crippen LogP contribution in [0.15, 0.2) is 12.2 Å². The molecule has 2 amide bonds. The fraction of sp³-hybridized carbons (Fsp3) is 0.556. The van der Waals surface area contributed by atoms with Gasteiger partial charge in [-0.15, -0.1) is 0 Å². The van der Waals surface area contributed by atoms with Crippen molar-refractivity contribution in [2.45, 2.75) is 19.3 Å². The topological polar surface area (TPSA) is 46.6 Å². The highest BCUT2D eigenvalue weighted by molar-refractivity contribution is 7.25. The molecule has 0 saturated carbocycles. The van der Waals surface area contributed by atoms with Crippen molar-refractivity contribution in [2.24, 2.45) is 0 Å². The fourth-order valence-electron chi connectivity index (χ4n) is 1.31. The van der Waals surface area contributed by atoms with Gasteiger partial charge < -0.3 is 4.52 Å². The fourth-order valence-corrected chi connectivity index (χ4v) is 1.53. The Balaban J connectivity index is 2.05. The van der Waals surface area contributed by atoms with Crippen molar-refractivity contribution in [3.63, 3.8) is 0 Å². The number of rotatable bonds is 7. The Hall–Kier alpha value is -0.800. The Morgan fingerprint density at radius 2 is 1.87 bits per heavy atom. The number of nitrogens with zero attached hydrogens (tertiary/aromatic N) is 1. The standard InChI is InChI=1S/C9H13FNO3P/c10-15-14-7-3-1-2-6-11-8(12)4-5-9(11)13/h4-5,15H,1-3,6-7H2. The lowest BCUT2D eigenvalue weighted by Crippen LogP contribution is -2.30. The summed E-state index contributed by atoms with van der Waals surface area (Å²) in [6, 6.07) is 0. The smallest absolute Gasteiger partial charge is 0.253 e. The maximum Gasteiger partial charge on any atom is 0.253 e. The summed E-state index contributed by atoms with van der Waals surface area (Å²) >= 11 is 0. The van der Waals surface area contributed by atoms with Gasteiger partial charge in [-0.25, -0.2) is 0 Å². The van der Waals surface area contributed by atoms with Crippen molar-refractivity contribution in [1.29, 1.82) is 0 Å². The zero-order chi connectivity index (χ0) is 11.1. The second-order valence-corrected chi connectivity index (χ2v) is 3.59. The van der Waals surface area contributed by atoms with Crippen LogP contribution in [0.4, 0.5) is 4.20 Å². The van der Waals surface area contributed by atoms with E-state index in [1.807, 2.05) is 0 Å². The molecule has 0 aromatic carbocycles. The third-order valence-corrected chi connectivity index (χ3v) is 2.40. The number of carbonyl (C=O) groups is 2. The summed E-state index contributed by atoms with van der Waals surface area (Å²) in [6.07, 6.45) is 4.85. The van der Waals surface area contributed by atoms with Gasteiger partial charge in [-0.1, -0.05) is 0 Å². The van der Waals surface area contributed by atoms with Gasteiger partial charge >= 0.3 is 0 Å². The second-order valence-electron chi connectivity index (χ2n) is 3.15. The van der Waals surface area contributed by atoms with Gasteiger partial charge in [0.2, 0.25) is 9.12 Å². The maximum atomic E-state index is 11.6. The molecule has 0 saturated heterocycles. The van der Waals surface area contributed by atoms with E-state index in [0.29, 0.717) is 13.2 Å². The number of hydrogen-bond acceptors (Lipinski definition) is 3. The van der Waals surface area contributed by atoms with Crippen LogP contribution in [0.2, 0.25) is 0 Å². The summed E-state index contributed by atoms with van der Waals surface area (Å²) in [5, 5.41) is 0. The monoisotopic (exact) mass is 233 g/mol. The Morgan fingerprint density at radius 3 is 2.47 bits per heavy atom. The lowest BCUT2D eigenvalue weighted by atomic mass is 10.2. The molecule has 1 aliphatic rings. The minimum Gasteiger partial charge on any atom is -0.333 e. The minimum atomic E-state index is -0.962. The first-order valence-corrected chi connectivity index (χ1v) is 5.55. The van der Waals surface area contributed by atoms with E-state index in [1.165, 1.54) is 17.1 Å². The molecule has 0 spiro atoms. The summed E-state index contributed by atoms with van der Waals surface area (Å²) in [5.41, 5.74) is 0. The second kappa shape index (κ2) is 6.64. The maximum absolute atomic E-state index is 11.6. The third kappa shape index (κ3) is 4.06. The lowest BCUT2D eigenvalue weighted by Gasteiger charge is -2.12. The van der Waals surface area contributed by atoms with Crippen LogP contribution in [0.1, 0.15) is 19.3 Å². The lowest BCUT2D eigenvalue weighted by molar-refractivity contribution is -0.136. The van der Waals surface area contributed by atoms with Gasteiger partial charge in [0.15, 0.2) is 0 Å². The molecule has 0 fully saturated rings. The van der Waals surface area contributed by atoms with Crippen molar-refractivity contribution < 1.29 is 18.3 Å². The summed E-state index contributed by atoms with van der Waals surface area (Å²) in [7, 11) is -0.962. The summed E-state index contributed by atoms with van der Waals surface area (Å²) in [6.45, 7) is 0.831. The van der Waals surface area contributed by atoms with E-state index in [-0.39, 0.29) is 11.8 Å². The molecule has 15 heavy (non-hydrogen) atoms. The number of amides is 2. The molecular formula is C9H13FNO3P. The molecular weight excluding hydrogens is 220 g/mol. The summed E-state index contributed by atoms with van der Waals surface area (Å²) in [4.78, 5) is 23.4. The predicted octanol–water partition coefficient (Wildman–Crippen LogP) is 1.58. The Morgan fingerprint density at radius 1 is 1.20 bits per heavy atom. The molecule has 1 aliphatic heterocycles. The Labute approximate surface area is 89.4 Å². The summed E-state index contributed by atoms with van der Waals surface area (Å²) in [5.74, 6) is -0.497. The molecule has 6 heteroatoms. The first kappa shape index (κ1) is 12.3. The first-order valence-electron chi connectivity index (χ1n) is 4.76. The van der Waals surface area contributed by atoms with Gasteiger partial charge in [0.1, 0.15) is 0 Å². The van der Waals surface area contributed by atoms with Crippen molar-refractivity contribution >= 4 is 20.9 Å². The van der Waals surface area contributed by atoms with Gasteiger partial charge in [0, 0.05) is 18.7 Å². The van der Waals surface area contributed by atoms with Crippen LogP contribution in [-0.4, -0.2) is 29.9 Å². The van der Waals surface area contributed by atoms with Crippen molar-refractivity contribution in [3.8, 4) is 0 Å². The number of unbranched alkanes of at least 4 members (excludes halogenated alkanes) is 2. The van der Waals surface area contributed by atoms with Gasteiger partial charge in [0.25, 0.3) is 11.8 Å². The van der Waals surface area contributed by atoms with Gasteiger partial charge in [-0.2, -0.15) is 4.20 Å². The minimum absolute atomic E-state index is 0.249. The van der Waals surface area contributed by atoms with Crippen LogP contribution in [0, 0.1) is 0 Å². The molecule has 4 nitrogen and oxygen atoms in total. The van der Waals surface area contributed by atoms with Crippen LogP contribution in [0.25, 0.3) is 0 Å². The van der Waals surface area contributed by atoms with Crippen LogP contribution in [-0.2, 0) is 14.1 Å². The number of halogens is 1. The van der Waals surface area contributed by atoms with Gasteiger partial charge in [0.05, 0.1) is 6.61 Å². The van der Waals surface area contributed by atoms with Gasteiger partial charge in [-0.3, -0.25) is 14.5 Å². The molecule has 1 unspecified atom stereocenters. The molecule has 84 valence electrons. The van der Waals surface area contributed by atoms with Crippen molar-refractivity contribution in [1.82, 2.24) is 4.90 Å². The van der Waals surface area contributed by atoms with E-state index < -0.39 is 9.12 Å². The van der Waals surface area contributed by atoms with E-state index in [9.17, 15) is 13.8 Å². The first-order chi connectivity index (χ1) is 7.25. The normalized spacial score (nSPS) is 16.2. The van der Waals surface area contributed by atoms with E-state index in [0.717, 1.165) is 19.3 Å². The van der Waals surface area contributed by atoms with Crippen molar-refractivity contribution in [3.05, 3.63) is 12.2 Å². The molecule has 0 aliphatic carbocycles. The molecule has 1 rings (SSSR count). The van der Waals surface area contributed by atoms with E-state index in [2.05, 4.69) is 4.52 Å². The number of hydrogen-bond donors (Lipinski definition) is 0. The Kier molecular flexibility index (Phi) is 5.43. The van der Waals surface area contributed by atoms with E-state index >= 15 is 0 Å². The van der Waals surface area contributed by atoms with Crippen LogP contribution in [0.3, 0.4) is 0 Å². The largest absolute Gasteiger partial charge is 0.333 e. The SMILES string of the molecule is O=C1C=CC(=O)N1CCCCCOPF. The average Bonchev–Trinajstić information content (AvgIpc) is 2.54. The molecule has 0 bridgehead atoms. The molecule has 0 radical (unpaired) electrons. The highest BCUT2D eigenvalue weighted by Gasteiger charge is 2.21. The Bertz CT molecular complexity index is 252. The molecule has 0 aromatic heterocycles. The van der Waals surface area contributed by atoms with Crippen LogP contribution < -0.4 is 0 Å². The van der Waals surface area contributed by atoms with Crippen molar-refractivity contribution in [2.75, 3.05) is 13.2 Å². The molecule has 1 heterocycles. The third-order valence-electron chi connectivity index (χ3n) is 2.08. The summed E-state index contributed by atoms with van der Waals surface area (Å²) < 4.78 is 16.1. The molecule has 1 atom stereocenters. The zero-order valence-electron chi connectivity index (χ0n) is 8.24. The van der Waals surface area contributed by atoms with Crippen LogP contribution >= 0.6 is 9.12 Å². The molecule has 0 aromatic rings. The number of imide groups is 1. The quantitative estimate of drug-likeness (QED) is 0.381. The predicted molar refractivity (Wildman–Crippen MR) is 55.1 cm³/mol. The van der Waals surface area contributed by atoms with Crippen LogP contribution in [0.5, 0.6) is 0 Å². The molecule has 0 N–H and O–H groups in total. The average molecular weight is 233 g/mol. The highest BCUT2D eigenvalue weighted by Crippen LogP contribution is 2.13. The van der Waals surface area contributed by atoms with Gasteiger partial charge in [-0.05, 0) is 19.3 Å². The zero-order valence-corrected chi connectivity index (χ0v) is 9.24. The highest BCUT2D eigenvalue weighted by atomic mass is 31.1.